The molecule has 2 rings (SSSR count). The van der Waals surface area contributed by atoms with Gasteiger partial charge in [-0.1, -0.05) is 57.0 Å². The molecule has 0 saturated carbocycles. The minimum atomic E-state index is 0.213. The summed E-state index contributed by atoms with van der Waals surface area (Å²) in [5, 5.41) is 0. The van der Waals surface area contributed by atoms with Gasteiger partial charge in [-0.2, -0.15) is 0 Å². The van der Waals surface area contributed by atoms with Gasteiger partial charge in [-0.15, -0.1) is 0 Å². The minimum Gasteiger partial charge on any atom is -0.354 e. The number of benzene rings is 1. The summed E-state index contributed by atoms with van der Waals surface area (Å²) in [7, 11) is 2.19. The van der Waals surface area contributed by atoms with Gasteiger partial charge in [-0.05, 0) is 31.9 Å². The van der Waals surface area contributed by atoms with E-state index in [0.717, 1.165) is 12.3 Å². The third-order valence-electron chi connectivity index (χ3n) is 4.35. The molecule has 0 aliphatic carbocycles. The molecule has 1 aromatic rings. The fourth-order valence-corrected chi connectivity index (χ4v) is 3.03. The molecular weight excluding hydrogens is 234 g/mol. The third kappa shape index (κ3) is 3.37. The van der Waals surface area contributed by atoms with Crippen molar-refractivity contribution in [2.24, 2.45) is 5.92 Å². The molecule has 2 heteroatoms. The fourth-order valence-electron chi connectivity index (χ4n) is 3.03. The molecule has 0 aromatic heterocycles. The number of hydrogen-bond acceptors (Lipinski definition) is 2. The predicted molar refractivity (Wildman–Crippen MR) is 80.0 cm³/mol. The molecule has 1 aromatic carbocycles. The molecule has 106 valence electrons. The van der Waals surface area contributed by atoms with Crippen LogP contribution >= 0.6 is 0 Å². The second-order valence-corrected chi connectivity index (χ2v) is 5.96. The van der Waals surface area contributed by atoms with Crippen molar-refractivity contribution in [1.82, 2.24) is 4.90 Å². The zero-order valence-corrected chi connectivity index (χ0v) is 12.7. The van der Waals surface area contributed by atoms with Crippen molar-refractivity contribution in [2.45, 2.75) is 58.4 Å². The summed E-state index contributed by atoms with van der Waals surface area (Å²) in [5.41, 5.74) is 1.30. The Hall–Kier alpha value is -0.860. The maximum absolute atomic E-state index is 6.31. The molecule has 1 aliphatic heterocycles. The standard InChI is InChI=1S/C17H27NO/c1-5-9-13(2)12-16-18(4)14(3)17(19-16)15-10-7-6-8-11-15/h6-8,10-11,13-14,16-17H,5,9,12H2,1-4H3/t13-,14-,16-,17-/m0/s1. The first-order valence-corrected chi connectivity index (χ1v) is 7.55. The van der Waals surface area contributed by atoms with Gasteiger partial charge < -0.3 is 4.74 Å². The van der Waals surface area contributed by atoms with Crippen molar-refractivity contribution in [3.05, 3.63) is 35.9 Å². The van der Waals surface area contributed by atoms with Crippen molar-refractivity contribution >= 4 is 0 Å². The van der Waals surface area contributed by atoms with Crippen LogP contribution in [-0.4, -0.2) is 24.2 Å². The van der Waals surface area contributed by atoms with Gasteiger partial charge in [0.15, 0.2) is 0 Å². The number of likely N-dealkylation sites (N-methyl/N-ethyl adjacent to an activating group) is 1. The molecule has 0 spiro atoms. The zero-order chi connectivity index (χ0) is 13.8. The average Bonchev–Trinajstić information content (AvgIpc) is 2.68. The molecule has 0 N–H and O–H groups in total. The highest BCUT2D eigenvalue weighted by molar-refractivity contribution is 5.20. The number of hydrogen-bond donors (Lipinski definition) is 0. The molecular formula is C17H27NO. The molecule has 19 heavy (non-hydrogen) atoms. The lowest BCUT2D eigenvalue weighted by atomic mass is 10.0. The highest BCUT2D eigenvalue weighted by atomic mass is 16.5. The van der Waals surface area contributed by atoms with E-state index in [0.29, 0.717) is 6.04 Å². The zero-order valence-electron chi connectivity index (χ0n) is 12.7. The summed E-state index contributed by atoms with van der Waals surface area (Å²) in [6.45, 7) is 6.86. The van der Waals surface area contributed by atoms with Crippen LogP contribution in [0.5, 0.6) is 0 Å². The minimum absolute atomic E-state index is 0.213. The highest BCUT2D eigenvalue weighted by Gasteiger charge is 2.38. The van der Waals surface area contributed by atoms with E-state index in [1.54, 1.807) is 0 Å². The second-order valence-electron chi connectivity index (χ2n) is 5.96. The van der Waals surface area contributed by atoms with Crippen LogP contribution in [0.3, 0.4) is 0 Å². The summed E-state index contributed by atoms with van der Waals surface area (Å²) in [6, 6.07) is 11.0. The molecule has 1 heterocycles. The molecule has 4 atom stereocenters. The van der Waals surface area contributed by atoms with Gasteiger partial charge in [0.25, 0.3) is 0 Å². The SMILES string of the molecule is CCC[C@H](C)C[C@@H]1O[C@H](c2ccccc2)[C@H](C)N1C. The van der Waals surface area contributed by atoms with E-state index < -0.39 is 0 Å². The van der Waals surface area contributed by atoms with Gasteiger partial charge in [0, 0.05) is 6.04 Å². The lowest BCUT2D eigenvalue weighted by Crippen LogP contribution is -2.32. The molecule has 0 bridgehead atoms. The summed E-state index contributed by atoms with van der Waals surface area (Å²) in [5.74, 6) is 0.735. The Morgan fingerprint density at radius 1 is 1.26 bits per heavy atom. The first kappa shape index (κ1) is 14.5. The van der Waals surface area contributed by atoms with Crippen LogP contribution in [0.15, 0.2) is 30.3 Å². The molecule has 0 unspecified atom stereocenters. The number of nitrogens with zero attached hydrogens (tertiary/aromatic N) is 1. The van der Waals surface area contributed by atoms with E-state index in [9.17, 15) is 0 Å². The monoisotopic (exact) mass is 261 g/mol. The van der Waals surface area contributed by atoms with Gasteiger partial charge in [-0.3, -0.25) is 4.90 Å². The normalized spacial score (nSPS) is 29.6. The lowest BCUT2D eigenvalue weighted by molar-refractivity contribution is -0.00793. The second kappa shape index (κ2) is 6.53. The molecule has 2 nitrogen and oxygen atoms in total. The van der Waals surface area contributed by atoms with Crippen molar-refractivity contribution in [3.63, 3.8) is 0 Å². The summed E-state index contributed by atoms with van der Waals surface area (Å²) < 4.78 is 6.31. The average molecular weight is 261 g/mol. The Kier molecular flexibility index (Phi) is 5.00. The number of ether oxygens (including phenoxy) is 1. The summed E-state index contributed by atoms with van der Waals surface area (Å²) in [4.78, 5) is 2.39. The maximum Gasteiger partial charge on any atom is 0.111 e. The quantitative estimate of drug-likeness (QED) is 0.786. The Morgan fingerprint density at radius 3 is 2.58 bits per heavy atom. The number of rotatable bonds is 5. The molecule has 1 aliphatic rings. The van der Waals surface area contributed by atoms with Gasteiger partial charge in [-0.25, -0.2) is 0 Å². The van der Waals surface area contributed by atoms with E-state index in [-0.39, 0.29) is 12.3 Å². The van der Waals surface area contributed by atoms with Gasteiger partial charge in [0.2, 0.25) is 0 Å². The smallest absolute Gasteiger partial charge is 0.111 e. The van der Waals surface area contributed by atoms with Gasteiger partial charge in [0.05, 0.1) is 6.10 Å². The van der Waals surface area contributed by atoms with Crippen molar-refractivity contribution in [1.29, 1.82) is 0 Å². The van der Waals surface area contributed by atoms with E-state index in [2.05, 4.69) is 63.1 Å². The topological polar surface area (TPSA) is 12.5 Å². The molecule has 0 amide bonds. The van der Waals surface area contributed by atoms with Crippen LogP contribution in [0.4, 0.5) is 0 Å². The predicted octanol–water partition coefficient (Wildman–Crippen LogP) is 4.23. The van der Waals surface area contributed by atoms with Crippen LogP contribution in [-0.2, 0) is 4.74 Å². The van der Waals surface area contributed by atoms with Gasteiger partial charge >= 0.3 is 0 Å². The molecule has 1 fully saturated rings. The van der Waals surface area contributed by atoms with Crippen LogP contribution in [0.1, 0.15) is 51.7 Å². The Labute approximate surface area is 117 Å². The van der Waals surface area contributed by atoms with E-state index in [1.165, 1.54) is 18.4 Å². The Bertz CT molecular complexity index is 378. The molecule has 0 radical (unpaired) electrons. The van der Waals surface area contributed by atoms with Crippen molar-refractivity contribution in [3.8, 4) is 0 Å². The maximum atomic E-state index is 6.31. The Morgan fingerprint density at radius 2 is 1.95 bits per heavy atom. The van der Waals surface area contributed by atoms with Crippen LogP contribution in [0.25, 0.3) is 0 Å². The van der Waals surface area contributed by atoms with E-state index in [4.69, 9.17) is 4.74 Å². The highest BCUT2D eigenvalue weighted by Crippen LogP contribution is 2.36. The van der Waals surface area contributed by atoms with Gasteiger partial charge in [0.1, 0.15) is 6.23 Å². The fraction of sp³-hybridized carbons (Fsp3) is 0.647. The summed E-state index contributed by atoms with van der Waals surface area (Å²) in [6.07, 6.45) is 4.16. The third-order valence-corrected chi connectivity index (χ3v) is 4.35. The van der Waals surface area contributed by atoms with E-state index in [1.807, 2.05) is 0 Å². The van der Waals surface area contributed by atoms with Crippen LogP contribution in [0.2, 0.25) is 0 Å². The van der Waals surface area contributed by atoms with Crippen molar-refractivity contribution < 1.29 is 4.74 Å². The first-order valence-electron chi connectivity index (χ1n) is 7.55. The summed E-state index contributed by atoms with van der Waals surface area (Å²) >= 11 is 0. The molecule has 1 saturated heterocycles. The lowest BCUT2D eigenvalue weighted by Gasteiger charge is -2.23. The van der Waals surface area contributed by atoms with E-state index >= 15 is 0 Å². The van der Waals surface area contributed by atoms with Crippen LogP contribution in [0, 0.1) is 5.92 Å². The van der Waals surface area contributed by atoms with Crippen molar-refractivity contribution in [2.75, 3.05) is 7.05 Å². The van der Waals surface area contributed by atoms with Crippen LogP contribution < -0.4 is 0 Å². The Balaban J connectivity index is 2.02. The first-order chi connectivity index (χ1) is 9.13. The largest absolute Gasteiger partial charge is 0.354 e.